The van der Waals surface area contributed by atoms with Gasteiger partial charge in [0.15, 0.2) is 8.07 Å². The van der Waals surface area contributed by atoms with Crippen LogP contribution in [0.15, 0.2) is 322 Å². The summed E-state index contributed by atoms with van der Waals surface area (Å²) in [5.41, 5.74) is 14.6. The number of hydrogen-bond acceptors (Lipinski definition) is 3. The van der Waals surface area contributed by atoms with E-state index >= 15 is 0 Å². The van der Waals surface area contributed by atoms with Crippen LogP contribution < -0.4 is 30.4 Å². The van der Waals surface area contributed by atoms with Crippen LogP contribution in [0, 0.1) is 0 Å². The van der Waals surface area contributed by atoms with Gasteiger partial charge in [0.05, 0.1) is 38.8 Å². The molecule has 0 aliphatic carbocycles. The summed E-state index contributed by atoms with van der Waals surface area (Å²) in [7, 11) is -3.01. The number of rotatable bonds is 10. The van der Waals surface area contributed by atoms with E-state index in [0.717, 1.165) is 67.2 Å². The third kappa shape index (κ3) is 9.77. The normalized spacial score (nSPS) is 12.7. The average molecular weight is 1290 g/mol. The third-order valence-corrected chi connectivity index (χ3v) is 25.6. The summed E-state index contributed by atoms with van der Waals surface area (Å²) < 4.78 is 14.5. The molecule has 13 aromatic carbocycles. The number of aromatic nitrogens is 4. The summed E-state index contributed by atoms with van der Waals surface area (Å²) in [6.07, 6.45) is 1.95. The molecule has 0 N–H and O–H groups in total. The highest BCUT2D eigenvalue weighted by Gasteiger charge is 2.42. The van der Waals surface area contributed by atoms with Crippen LogP contribution in [0.3, 0.4) is 0 Å². The lowest BCUT2D eigenvalue weighted by atomic mass is 9.85. The van der Waals surface area contributed by atoms with E-state index in [-0.39, 0.29) is 10.8 Å². The van der Waals surface area contributed by atoms with E-state index in [0.29, 0.717) is 6.67 Å². The van der Waals surface area contributed by atoms with Crippen molar-refractivity contribution >= 4 is 127 Å². The molecule has 5 heterocycles. The van der Waals surface area contributed by atoms with Crippen LogP contribution in [-0.4, -0.2) is 26.8 Å². The van der Waals surface area contributed by atoms with Crippen LogP contribution in [0.4, 0.5) is 11.4 Å². The molecule has 1 aliphatic heterocycles. The first-order chi connectivity index (χ1) is 48.4. The number of pyridine rings is 1. The van der Waals surface area contributed by atoms with Gasteiger partial charge >= 0.3 is 0 Å². The molecule has 0 atom stereocenters. The maximum Gasteiger partial charge on any atom is 0.179 e. The SMILES string of the molecule is CC(C)(C)c1cc(-c2cccc3c4ccccc4c4ccccc4c4cccc5c4n(c23)CN5c2cccc(Oc3ccc4c5cc(-n6c7ccccc7c7ccccc76)ccc5n(-c5cc(C(C)(C)C)ccn5)c4c3)c2)cc([Si](c2ccccc2)(c2ccccc2)c2ccccc2)c1. The fraction of sp³-hybridized carbons (Fsp3) is 0.0978. The smallest absolute Gasteiger partial charge is 0.179 e. The quantitative estimate of drug-likeness (QED) is 0.101. The standard InChI is InChI=1S/C92H73N5OSi/c1-91(2,3)62-51-52-93-88(56-62)97-85-50-47-65(96-83-44-22-20-39-77(83)78-40-21-23-45-84(78)96)58-82(85)79-49-48-67(59-87(79)97)98-66-28-24-27-64(57-66)94-60-95-89-72(41-25-42-80(89)75-37-18-16-35-73(75)74-36-17-19-38-76(74)81-43-26-46-86(94)90(81)95)61-53-63(92(4,5)6)55-71(54-61)99(68-29-10-7-11-30-68,69-31-12-8-13-32-69)70-33-14-9-15-34-70/h7-59H,60H2,1-6H3. The van der Waals surface area contributed by atoms with Gasteiger partial charge in [-0.1, -0.05) is 272 Å². The van der Waals surface area contributed by atoms with Crippen molar-refractivity contribution in [1.82, 2.24) is 18.7 Å². The highest BCUT2D eigenvalue weighted by Crippen LogP contribution is 2.47. The van der Waals surface area contributed by atoms with Crippen molar-refractivity contribution in [2.75, 3.05) is 4.90 Å². The van der Waals surface area contributed by atoms with Crippen molar-refractivity contribution in [2.24, 2.45) is 0 Å². The molecule has 1 aliphatic rings. The van der Waals surface area contributed by atoms with Crippen molar-refractivity contribution in [3.8, 4) is 34.1 Å². The zero-order valence-electron chi connectivity index (χ0n) is 56.5. The lowest BCUT2D eigenvalue weighted by Gasteiger charge is -2.36. The Morgan fingerprint density at radius 2 is 0.848 bits per heavy atom. The Labute approximate surface area is 577 Å². The van der Waals surface area contributed by atoms with Gasteiger partial charge in [-0.3, -0.25) is 4.57 Å². The minimum Gasteiger partial charge on any atom is -0.457 e. The molecule has 6 nitrogen and oxygen atoms in total. The number of nitrogens with zero attached hydrogens (tertiary/aromatic N) is 5. The predicted molar refractivity (Wildman–Crippen MR) is 420 cm³/mol. The minimum absolute atomic E-state index is 0.0868. The van der Waals surface area contributed by atoms with Gasteiger partial charge in [-0.2, -0.15) is 0 Å². The highest BCUT2D eigenvalue weighted by molar-refractivity contribution is 7.20. The fourth-order valence-corrected chi connectivity index (χ4v) is 20.9. The molecule has 17 aromatic rings. The Morgan fingerprint density at radius 3 is 1.46 bits per heavy atom. The Balaban J connectivity index is 0.824. The molecule has 0 saturated heterocycles. The monoisotopic (exact) mass is 1290 g/mol. The van der Waals surface area contributed by atoms with Gasteiger partial charge in [0.1, 0.15) is 24.0 Å². The molecule has 476 valence electrons. The van der Waals surface area contributed by atoms with Gasteiger partial charge < -0.3 is 18.8 Å². The molecule has 0 saturated carbocycles. The zero-order valence-corrected chi connectivity index (χ0v) is 57.5. The highest BCUT2D eigenvalue weighted by atomic mass is 28.3. The van der Waals surface area contributed by atoms with Crippen LogP contribution in [0.1, 0.15) is 52.7 Å². The third-order valence-electron chi connectivity index (χ3n) is 20.8. The number of hydrogen-bond donors (Lipinski definition) is 0. The molecule has 0 amide bonds. The lowest BCUT2D eigenvalue weighted by Crippen LogP contribution is -2.74. The molecule has 0 radical (unpaired) electrons. The predicted octanol–water partition coefficient (Wildman–Crippen LogP) is 21.4. The molecule has 0 fully saturated rings. The number of ether oxygens (including phenoxy) is 1. The Morgan fingerprint density at radius 1 is 0.333 bits per heavy atom. The summed E-state index contributed by atoms with van der Waals surface area (Å²) in [6.45, 7) is 14.4. The van der Waals surface area contributed by atoms with Crippen molar-refractivity contribution in [3.63, 3.8) is 0 Å². The van der Waals surface area contributed by atoms with Crippen molar-refractivity contribution in [2.45, 2.75) is 59.0 Å². The summed E-state index contributed by atoms with van der Waals surface area (Å²) in [4.78, 5) is 7.60. The van der Waals surface area contributed by atoms with E-state index in [1.165, 1.54) is 97.1 Å². The van der Waals surface area contributed by atoms with E-state index in [9.17, 15) is 0 Å². The Bertz CT molecular complexity index is 6000. The molecule has 0 bridgehead atoms. The molecular weight excluding hydrogens is 1220 g/mol. The number of anilines is 2. The second-order valence-electron chi connectivity index (χ2n) is 28.7. The number of para-hydroxylation sites is 4. The lowest BCUT2D eigenvalue weighted by molar-refractivity contribution is 0.483. The maximum absolute atomic E-state index is 7.18. The maximum atomic E-state index is 7.18. The van der Waals surface area contributed by atoms with Crippen molar-refractivity contribution in [1.29, 1.82) is 0 Å². The van der Waals surface area contributed by atoms with Crippen LogP contribution in [0.25, 0.3) is 110 Å². The van der Waals surface area contributed by atoms with E-state index in [2.05, 4.69) is 376 Å². The van der Waals surface area contributed by atoms with Gasteiger partial charge in [0.25, 0.3) is 0 Å². The number of fused-ring (bicyclic) bond motifs is 13. The summed E-state index contributed by atoms with van der Waals surface area (Å²) in [6, 6.07) is 118. The van der Waals surface area contributed by atoms with Crippen LogP contribution >= 0.6 is 0 Å². The summed E-state index contributed by atoms with van der Waals surface area (Å²) in [5.74, 6) is 2.33. The van der Waals surface area contributed by atoms with Gasteiger partial charge in [-0.15, -0.1) is 0 Å². The summed E-state index contributed by atoms with van der Waals surface area (Å²) in [5, 5.41) is 17.3. The average Bonchev–Trinajstić information content (AvgIpc) is 1.72. The van der Waals surface area contributed by atoms with Crippen molar-refractivity contribution in [3.05, 3.63) is 333 Å². The first-order valence-corrected chi connectivity index (χ1v) is 36.5. The molecule has 99 heavy (non-hydrogen) atoms. The largest absolute Gasteiger partial charge is 0.457 e. The van der Waals surface area contributed by atoms with E-state index in [1.807, 2.05) is 6.20 Å². The Hall–Kier alpha value is -11.8. The first-order valence-electron chi connectivity index (χ1n) is 34.5. The van der Waals surface area contributed by atoms with Gasteiger partial charge in [-0.05, 0) is 143 Å². The van der Waals surface area contributed by atoms with Crippen LogP contribution in [0.2, 0.25) is 0 Å². The minimum atomic E-state index is -3.01. The van der Waals surface area contributed by atoms with Crippen LogP contribution in [0.5, 0.6) is 11.5 Å². The van der Waals surface area contributed by atoms with Crippen LogP contribution in [-0.2, 0) is 17.5 Å². The van der Waals surface area contributed by atoms with Gasteiger partial charge in [0.2, 0.25) is 0 Å². The van der Waals surface area contributed by atoms with Gasteiger partial charge in [-0.25, -0.2) is 4.98 Å². The first kappa shape index (κ1) is 59.7. The second kappa shape index (κ2) is 23.2. The second-order valence-corrected chi connectivity index (χ2v) is 32.5. The van der Waals surface area contributed by atoms with E-state index < -0.39 is 8.07 Å². The molecule has 4 aromatic heterocycles. The molecule has 7 heteroatoms. The van der Waals surface area contributed by atoms with Crippen molar-refractivity contribution < 1.29 is 4.74 Å². The molecule has 0 spiro atoms. The van der Waals surface area contributed by atoms with Gasteiger partial charge in [0, 0.05) is 67.6 Å². The van der Waals surface area contributed by atoms with E-state index in [4.69, 9.17) is 9.72 Å². The zero-order chi connectivity index (χ0) is 66.7. The fourth-order valence-electron chi connectivity index (χ4n) is 16.1. The molecular formula is C92H73N5OSi. The Kier molecular flexibility index (Phi) is 14.0. The number of benzene rings is 13. The molecule has 18 rings (SSSR count). The van der Waals surface area contributed by atoms with E-state index in [1.54, 1.807) is 0 Å². The topological polar surface area (TPSA) is 40.1 Å². The summed E-state index contributed by atoms with van der Waals surface area (Å²) >= 11 is 0. The molecule has 0 unspecified atom stereocenters.